The highest BCUT2D eigenvalue weighted by Crippen LogP contribution is 2.20. The Bertz CT molecular complexity index is 1150. The molecule has 0 spiro atoms. The van der Waals surface area contributed by atoms with Crippen molar-refractivity contribution in [1.82, 2.24) is 9.13 Å². The van der Waals surface area contributed by atoms with Gasteiger partial charge in [0.05, 0.1) is 12.3 Å². The van der Waals surface area contributed by atoms with Crippen LogP contribution in [-0.2, 0) is 17.8 Å². The second kappa shape index (κ2) is 10.4. The van der Waals surface area contributed by atoms with Crippen LogP contribution in [0.15, 0.2) is 70.5 Å². The van der Waals surface area contributed by atoms with Gasteiger partial charge in [-0.15, -0.1) is 0 Å². The van der Waals surface area contributed by atoms with Crippen LogP contribution >= 0.6 is 0 Å². The molecular weight excluding hydrogens is 394 g/mol. The molecular formula is C24H27N3O4. The fourth-order valence-electron chi connectivity index (χ4n) is 3.25. The first-order chi connectivity index (χ1) is 15.0. The molecule has 0 unspecified atom stereocenters. The molecule has 162 valence electrons. The third-order valence-electron chi connectivity index (χ3n) is 4.85. The van der Waals surface area contributed by atoms with Crippen molar-refractivity contribution in [3.63, 3.8) is 0 Å². The van der Waals surface area contributed by atoms with E-state index in [0.717, 1.165) is 23.8 Å². The quantitative estimate of drug-likeness (QED) is 0.537. The Kier molecular flexibility index (Phi) is 7.43. The standard InChI is InChI=1S/C24H27N3O4/c1-3-5-8-18-11-13-19(14-12-18)25-22(28)17-26-15-16-27(24(30)23(26)29)20-9-6-7-10-21(20)31-4-2/h6-7,9-16H,3-5,8,17H2,1-2H3,(H,25,28). The number of carbonyl (C=O) groups excluding carboxylic acids is 1. The summed E-state index contributed by atoms with van der Waals surface area (Å²) < 4.78 is 7.88. The van der Waals surface area contributed by atoms with E-state index < -0.39 is 11.1 Å². The van der Waals surface area contributed by atoms with Crippen molar-refractivity contribution >= 4 is 11.6 Å². The number of hydrogen-bond donors (Lipinski definition) is 1. The monoisotopic (exact) mass is 421 g/mol. The minimum absolute atomic E-state index is 0.250. The molecule has 7 nitrogen and oxygen atoms in total. The normalized spacial score (nSPS) is 10.6. The first kappa shape index (κ1) is 22.1. The number of carbonyl (C=O) groups is 1. The van der Waals surface area contributed by atoms with Gasteiger partial charge in [0.2, 0.25) is 5.91 Å². The molecule has 1 heterocycles. The summed E-state index contributed by atoms with van der Waals surface area (Å²) in [5.41, 5.74) is 0.817. The van der Waals surface area contributed by atoms with Gasteiger partial charge in [0, 0.05) is 18.1 Å². The van der Waals surface area contributed by atoms with Gasteiger partial charge < -0.3 is 10.1 Å². The molecule has 0 bridgehead atoms. The molecule has 0 aliphatic rings. The summed E-state index contributed by atoms with van der Waals surface area (Å²) in [4.78, 5) is 37.6. The number of aryl methyl sites for hydroxylation is 1. The fourth-order valence-corrected chi connectivity index (χ4v) is 3.25. The van der Waals surface area contributed by atoms with Gasteiger partial charge in [0.25, 0.3) is 0 Å². The number of para-hydroxylation sites is 2. The maximum absolute atomic E-state index is 12.7. The van der Waals surface area contributed by atoms with Gasteiger partial charge in [-0.2, -0.15) is 0 Å². The Morgan fingerprint density at radius 2 is 1.71 bits per heavy atom. The lowest BCUT2D eigenvalue weighted by Crippen LogP contribution is -2.41. The minimum atomic E-state index is -0.779. The minimum Gasteiger partial charge on any atom is -0.492 e. The molecule has 0 saturated carbocycles. The Morgan fingerprint density at radius 3 is 2.42 bits per heavy atom. The second-order valence-electron chi connectivity index (χ2n) is 7.16. The van der Waals surface area contributed by atoms with Gasteiger partial charge in [-0.1, -0.05) is 37.6 Å². The summed E-state index contributed by atoms with van der Waals surface area (Å²) in [7, 11) is 0. The number of aromatic nitrogens is 2. The van der Waals surface area contributed by atoms with Gasteiger partial charge in [0.15, 0.2) is 0 Å². The predicted molar refractivity (Wildman–Crippen MR) is 121 cm³/mol. The zero-order valence-corrected chi connectivity index (χ0v) is 17.8. The van der Waals surface area contributed by atoms with Crippen molar-refractivity contribution in [2.75, 3.05) is 11.9 Å². The number of hydrogen-bond acceptors (Lipinski definition) is 4. The highest BCUT2D eigenvalue weighted by molar-refractivity contribution is 5.90. The van der Waals surface area contributed by atoms with E-state index in [9.17, 15) is 14.4 Å². The van der Waals surface area contributed by atoms with E-state index in [-0.39, 0.29) is 12.5 Å². The molecule has 1 N–H and O–H groups in total. The zero-order valence-electron chi connectivity index (χ0n) is 17.8. The molecule has 3 rings (SSSR count). The average Bonchev–Trinajstić information content (AvgIpc) is 2.77. The van der Waals surface area contributed by atoms with Gasteiger partial charge in [-0.3, -0.25) is 23.5 Å². The van der Waals surface area contributed by atoms with Crippen molar-refractivity contribution < 1.29 is 9.53 Å². The van der Waals surface area contributed by atoms with Gasteiger partial charge in [-0.25, -0.2) is 0 Å². The third kappa shape index (κ3) is 5.51. The molecule has 0 fully saturated rings. The number of ether oxygens (including phenoxy) is 1. The molecule has 0 aliphatic heterocycles. The van der Waals surface area contributed by atoms with Gasteiger partial charge in [0.1, 0.15) is 12.3 Å². The SMILES string of the molecule is CCCCc1ccc(NC(=O)Cn2ccn(-c3ccccc3OCC)c(=O)c2=O)cc1. The summed E-state index contributed by atoms with van der Waals surface area (Å²) in [6.45, 7) is 4.17. The smallest absolute Gasteiger partial charge is 0.321 e. The van der Waals surface area contributed by atoms with E-state index in [4.69, 9.17) is 4.74 Å². The van der Waals surface area contributed by atoms with E-state index in [1.807, 2.05) is 31.2 Å². The molecule has 0 atom stereocenters. The lowest BCUT2D eigenvalue weighted by Gasteiger charge is -2.13. The molecule has 31 heavy (non-hydrogen) atoms. The van der Waals surface area contributed by atoms with Crippen LogP contribution < -0.4 is 21.2 Å². The van der Waals surface area contributed by atoms with E-state index >= 15 is 0 Å². The Morgan fingerprint density at radius 1 is 0.968 bits per heavy atom. The molecule has 2 aromatic carbocycles. The van der Waals surface area contributed by atoms with Crippen molar-refractivity contribution in [3.05, 3.63) is 87.2 Å². The summed E-state index contributed by atoms with van der Waals surface area (Å²) in [5, 5.41) is 2.77. The summed E-state index contributed by atoms with van der Waals surface area (Å²) >= 11 is 0. The Hall–Kier alpha value is -3.61. The molecule has 1 amide bonds. The van der Waals surface area contributed by atoms with Gasteiger partial charge >= 0.3 is 11.1 Å². The highest BCUT2D eigenvalue weighted by Gasteiger charge is 2.13. The predicted octanol–water partition coefficient (Wildman–Crippen LogP) is 3.38. The van der Waals surface area contributed by atoms with E-state index in [0.29, 0.717) is 23.7 Å². The van der Waals surface area contributed by atoms with Crippen LogP contribution in [0.4, 0.5) is 5.69 Å². The van der Waals surface area contributed by atoms with Crippen molar-refractivity contribution in [3.8, 4) is 11.4 Å². The first-order valence-corrected chi connectivity index (χ1v) is 10.5. The molecule has 1 aromatic heterocycles. The highest BCUT2D eigenvalue weighted by atomic mass is 16.5. The number of nitrogens with one attached hydrogen (secondary N) is 1. The molecule has 3 aromatic rings. The summed E-state index contributed by atoms with van der Waals surface area (Å²) in [6, 6.07) is 14.6. The average molecular weight is 421 g/mol. The van der Waals surface area contributed by atoms with Crippen LogP contribution in [-0.4, -0.2) is 21.6 Å². The number of nitrogens with zero attached hydrogens (tertiary/aromatic N) is 2. The number of rotatable bonds is 9. The van der Waals surface area contributed by atoms with Crippen molar-refractivity contribution in [2.45, 2.75) is 39.7 Å². The van der Waals surface area contributed by atoms with Gasteiger partial charge in [-0.05, 0) is 49.6 Å². The van der Waals surface area contributed by atoms with Crippen LogP contribution in [0.2, 0.25) is 0 Å². The topological polar surface area (TPSA) is 82.3 Å². The molecule has 0 saturated heterocycles. The number of benzene rings is 2. The molecule has 0 radical (unpaired) electrons. The van der Waals surface area contributed by atoms with Crippen molar-refractivity contribution in [1.29, 1.82) is 0 Å². The zero-order chi connectivity index (χ0) is 22.2. The maximum Gasteiger partial charge on any atom is 0.321 e. The molecule has 7 heteroatoms. The molecule has 0 aliphatic carbocycles. The third-order valence-corrected chi connectivity index (χ3v) is 4.85. The summed E-state index contributed by atoms with van der Waals surface area (Å²) in [6.07, 6.45) is 6.15. The summed E-state index contributed by atoms with van der Waals surface area (Å²) in [5.74, 6) is 0.125. The van der Waals surface area contributed by atoms with Crippen LogP contribution in [0.5, 0.6) is 5.75 Å². The van der Waals surface area contributed by atoms with E-state index in [1.54, 1.807) is 24.3 Å². The van der Waals surface area contributed by atoms with E-state index in [2.05, 4.69) is 12.2 Å². The van der Waals surface area contributed by atoms with Crippen molar-refractivity contribution in [2.24, 2.45) is 0 Å². The van der Waals surface area contributed by atoms with Crippen LogP contribution in [0.3, 0.4) is 0 Å². The number of unbranched alkanes of at least 4 members (excludes halogenated alkanes) is 1. The maximum atomic E-state index is 12.7. The van der Waals surface area contributed by atoms with Crippen LogP contribution in [0.25, 0.3) is 5.69 Å². The van der Waals surface area contributed by atoms with E-state index in [1.165, 1.54) is 22.5 Å². The largest absolute Gasteiger partial charge is 0.492 e. The van der Waals surface area contributed by atoms with Crippen LogP contribution in [0.1, 0.15) is 32.3 Å². The lowest BCUT2D eigenvalue weighted by atomic mass is 10.1. The lowest BCUT2D eigenvalue weighted by molar-refractivity contribution is -0.116. The van der Waals surface area contributed by atoms with Crippen LogP contribution in [0, 0.1) is 0 Å². The Labute approximate surface area is 180 Å². The Balaban J connectivity index is 1.74. The second-order valence-corrected chi connectivity index (χ2v) is 7.16. The first-order valence-electron chi connectivity index (χ1n) is 10.5. The fraction of sp³-hybridized carbons (Fsp3) is 0.292. The number of anilines is 1. The number of amides is 1.